The number of nitrogens with zero attached hydrogens (tertiary/aromatic N) is 1. The van der Waals surface area contributed by atoms with Gasteiger partial charge in [0.15, 0.2) is 17.2 Å². The molecule has 0 unspecified atom stereocenters. The zero-order chi connectivity index (χ0) is 22.0. The van der Waals surface area contributed by atoms with Crippen LogP contribution in [0.1, 0.15) is 18.1 Å². The van der Waals surface area contributed by atoms with E-state index < -0.39 is 11.9 Å². The highest BCUT2D eigenvalue weighted by Gasteiger charge is 2.26. The monoisotopic (exact) mass is 417 g/mol. The molecule has 1 aliphatic rings. The van der Waals surface area contributed by atoms with Crippen LogP contribution >= 0.6 is 0 Å². The third-order valence-corrected chi connectivity index (χ3v) is 4.67. The normalized spacial score (nSPS) is 14.4. The largest absolute Gasteiger partial charge is 0.493 e. The van der Waals surface area contributed by atoms with Crippen molar-refractivity contribution in [1.82, 2.24) is 0 Å². The number of rotatable bonds is 5. The van der Waals surface area contributed by atoms with Gasteiger partial charge in [-0.25, -0.2) is 9.79 Å². The number of hydrogen-bond acceptors (Lipinski definition) is 7. The highest BCUT2D eigenvalue weighted by molar-refractivity contribution is 6.17. The zero-order valence-electron chi connectivity index (χ0n) is 17.2. The summed E-state index contributed by atoms with van der Waals surface area (Å²) in [7, 11) is 2.89. The lowest BCUT2D eigenvalue weighted by molar-refractivity contribution is -0.132. The van der Waals surface area contributed by atoms with Crippen LogP contribution in [-0.4, -0.2) is 32.1 Å². The molecule has 0 amide bonds. The predicted molar refractivity (Wildman–Crippen MR) is 115 cm³/mol. The number of fused-ring (bicyclic) bond motifs is 1. The Morgan fingerprint density at radius 3 is 2.35 bits per heavy atom. The van der Waals surface area contributed by atoms with Crippen LogP contribution in [0.3, 0.4) is 0 Å². The average Bonchev–Trinajstić information content (AvgIpc) is 3.13. The van der Waals surface area contributed by atoms with Crippen molar-refractivity contribution in [3.05, 3.63) is 71.4 Å². The number of ether oxygens (including phenoxy) is 4. The van der Waals surface area contributed by atoms with E-state index in [0.29, 0.717) is 5.56 Å². The lowest BCUT2D eigenvalue weighted by Crippen LogP contribution is -2.06. The molecular formula is C24H19NO6. The quantitative estimate of drug-likeness (QED) is 0.353. The van der Waals surface area contributed by atoms with Crippen LogP contribution in [0.15, 0.2) is 65.3 Å². The fourth-order valence-electron chi connectivity index (χ4n) is 3.32. The van der Waals surface area contributed by atoms with E-state index in [2.05, 4.69) is 4.99 Å². The predicted octanol–water partition coefficient (Wildman–Crippen LogP) is 4.13. The maximum atomic E-state index is 12.5. The van der Waals surface area contributed by atoms with Crippen molar-refractivity contribution in [2.45, 2.75) is 6.92 Å². The zero-order valence-corrected chi connectivity index (χ0v) is 17.2. The molecule has 7 heteroatoms. The topological polar surface area (TPSA) is 83.4 Å². The van der Waals surface area contributed by atoms with Gasteiger partial charge in [-0.15, -0.1) is 0 Å². The van der Waals surface area contributed by atoms with Crippen molar-refractivity contribution >= 4 is 34.7 Å². The molecular weight excluding hydrogens is 398 g/mol. The summed E-state index contributed by atoms with van der Waals surface area (Å²) in [5.41, 5.74) is 1.43. The van der Waals surface area contributed by atoms with Gasteiger partial charge in [-0.05, 0) is 40.6 Å². The number of carbonyl (C=O) groups is 2. The van der Waals surface area contributed by atoms with E-state index in [-0.39, 0.29) is 28.8 Å². The third kappa shape index (κ3) is 3.98. The molecule has 1 heterocycles. The molecule has 3 aromatic carbocycles. The standard InChI is InChI=1S/C24H19NO6/c1-14(26)30-22-20(28-2)12-15(13-21(22)29-3)11-19-24(27)31-23(25-19)18-10-6-8-16-7-4-5-9-17(16)18/h4-13H,1-3H3. The van der Waals surface area contributed by atoms with Crippen LogP contribution in [0.5, 0.6) is 17.2 Å². The maximum Gasteiger partial charge on any atom is 0.363 e. The number of carbonyl (C=O) groups excluding carboxylic acids is 2. The molecule has 0 bridgehead atoms. The fourth-order valence-corrected chi connectivity index (χ4v) is 3.32. The van der Waals surface area contributed by atoms with Crippen molar-refractivity contribution in [2.24, 2.45) is 4.99 Å². The molecule has 0 atom stereocenters. The second kappa shape index (κ2) is 8.31. The second-order valence-corrected chi connectivity index (χ2v) is 6.71. The van der Waals surface area contributed by atoms with Gasteiger partial charge in [-0.1, -0.05) is 36.4 Å². The highest BCUT2D eigenvalue weighted by atomic mass is 16.6. The van der Waals surface area contributed by atoms with Gasteiger partial charge in [0.05, 0.1) is 14.2 Å². The Hall–Kier alpha value is -4.13. The van der Waals surface area contributed by atoms with Crippen molar-refractivity contribution in [3.8, 4) is 17.2 Å². The van der Waals surface area contributed by atoms with Gasteiger partial charge >= 0.3 is 11.9 Å². The first-order chi connectivity index (χ1) is 15.0. The molecule has 0 aromatic heterocycles. The first-order valence-corrected chi connectivity index (χ1v) is 9.45. The van der Waals surface area contributed by atoms with Gasteiger partial charge < -0.3 is 18.9 Å². The molecule has 1 aliphatic heterocycles. The molecule has 0 saturated carbocycles. The van der Waals surface area contributed by atoms with Crippen molar-refractivity contribution in [3.63, 3.8) is 0 Å². The minimum Gasteiger partial charge on any atom is -0.493 e. The average molecular weight is 417 g/mol. The summed E-state index contributed by atoms with van der Waals surface area (Å²) >= 11 is 0. The van der Waals surface area contributed by atoms with Crippen molar-refractivity contribution in [1.29, 1.82) is 0 Å². The molecule has 0 aliphatic carbocycles. The van der Waals surface area contributed by atoms with Gasteiger partial charge in [0.25, 0.3) is 0 Å². The SMILES string of the molecule is COc1cc(C=C2N=C(c3cccc4ccccc34)OC2=O)cc(OC)c1OC(C)=O. The van der Waals surface area contributed by atoms with E-state index in [0.717, 1.165) is 16.3 Å². The van der Waals surface area contributed by atoms with Crippen LogP contribution in [0.2, 0.25) is 0 Å². The Morgan fingerprint density at radius 2 is 1.68 bits per heavy atom. The van der Waals surface area contributed by atoms with Gasteiger partial charge in [-0.2, -0.15) is 0 Å². The van der Waals surface area contributed by atoms with E-state index in [1.54, 1.807) is 18.2 Å². The van der Waals surface area contributed by atoms with E-state index >= 15 is 0 Å². The molecule has 31 heavy (non-hydrogen) atoms. The Balaban J connectivity index is 1.76. The van der Waals surface area contributed by atoms with Gasteiger partial charge in [0.2, 0.25) is 11.6 Å². The van der Waals surface area contributed by atoms with Crippen LogP contribution in [0, 0.1) is 0 Å². The summed E-state index contributed by atoms with van der Waals surface area (Å²) in [4.78, 5) is 28.3. The van der Waals surface area contributed by atoms with Crippen LogP contribution in [-0.2, 0) is 14.3 Å². The molecule has 0 spiro atoms. The van der Waals surface area contributed by atoms with Gasteiger partial charge in [-0.3, -0.25) is 4.79 Å². The summed E-state index contributed by atoms with van der Waals surface area (Å²) in [5, 5.41) is 1.96. The maximum absolute atomic E-state index is 12.5. The Bertz CT molecular complexity index is 1230. The van der Waals surface area contributed by atoms with Gasteiger partial charge in [0, 0.05) is 12.5 Å². The molecule has 0 fully saturated rings. The second-order valence-electron chi connectivity index (χ2n) is 6.71. The third-order valence-electron chi connectivity index (χ3n) is 4.67. The Kier molecular flexibility index (Phi) is 5.41. The van der Waals surface area contributed by atoms with Crippen LogP contribution in [0.4, 0.5) is 0 Å². The number of benzene rings is 3. The Labute approximate surface area is 178 Å². The number of hydrogen-bond donors (Lipinski definition) is 0. The number of aliphatic imine (C=N–C) groups is 1. The lowest BCUT2D eigenvalue weighted by atomic mass is 10.0. The fraction of sp³-hybridized carbons (Fsp3) is 0.125. The lowest BCUT2D eigenvalue weighted by Gasteiger charge is -2.13. The van der Waals surface area contributed by atoms with Crippen LogP contribution in [0.25, 0.3) is 16.8 Å². The van der Waals surface area contributed by atoms with Gasteiger partial charge in [0.1, 0.15) is 0 Å². The summed E-state index contributed by atoms with van der Waals surface area (Å²) in [5.74, 6) is -0.106. The summed E-state index contributed by atoms with van der Waals surface area (Å²) < 4.78 is 21.3. The molecule has 4 rings (SSSR count). The molecule has 3 aromatic rings. The molecule has 0 saturated heterocycles. The van der Waals surface area contributed by atoms with E-state index in [1.165, 1.54) is 21.1 Å². The van der Waals surface area contributed by atoms with Crippen LogP contribution < -0.4 is 14.2 Å². The summed E-state index contributed by atoms with van der Waals surface area (Å²) in [6.07, 6.45) is 1.56. The first kappa shape index (κ1) is 20.2. The Morgan fingerprint density at radius 1 is 1.00 bits per heavy atom. The number of methoxy groups -OCH3 is 2. The number of cyclic esters (lactones) is 1. The number of esters is 2. The van der Waals surface area contributed by atoms with Crippen molar-refractivity contribution in [2.75, 3.05) is 14.2 Å². The first-order valence-electron chi connectivity index (χ1n) is 9.45. The molecule has 7 nitrogen and oxygen atoms in total. The summed E-state index contributed by atoms with van der Waals surface area (Å²) in [6, 6.07) is 16.8. The smallest absolute Gasteiger partial charge is 0.363 e. The highest BCUT2D eigenvalue weighted by Crippen LogP contribution is 2.39. The minimum atomic E-state index is -0.565. The molecule has 0 radical (unpaired) electrons. The minimum absolute atomic E-state index is 0.132. The summed E-state index contributed by atoms with van der Waals surface area (Å²) in [6.45, 7) is 1.28. The van der Waals surface area contributed by atoms with E-state index in [9.17, 15) is 9.59 Å². The van der Waals surface area contributed by atoms with E-state index in [4.69, 9.17) is 18.9 Å². The van der Waals surface area contributed by atoms with E-state index in [1.807, 2.05) is 42.5 Å². The molecule has 0 N–H and O–H groups in total. The van der Waals surface area contributed by atoms with Crippen molar-refractivity contribution < 1.29 is 28.5 Å². The molecule has 156 valence electrons.